The van der Waals surface area contributed by atoms with Crippen molar-refractivity contribution in [1.82, 2.24) is 20.2 Å². The number of halogens is 6. The van der Waals surface area contributed by atoms with Crippen molar-refractivity contribution in [2.45, 2.75) is 75.4 Å². The Morgan fingerprint density at radius 3 is 2.68 bits per heavy atom. The molecule has 8 rings (SSSR count). The number of alkyl halides is 4. The molecule has 0 amide bonds. The first-order valence-corrected chi connectivity index (χ1v) is 17.6. The first kappa shape index (κ1) is 33.3. The summed E-state index contributed by atoms with van der Waals surface area (Å²) in [4.78, 5) is 14.1. The van der Waals surface area contributed by atoms with E-state index in [0.717, 1.165) is 57.0 Å². The number of thiophene rings is 1. The van der Waals surface area contributed by atoms with Gasteiger partial charge in [-0.05, 0) is 87.7 Å². The van der Waals surface area contributed by atoms with E-state index in [1.165, 1.54) is 0 Å². The summed E-state index contributed by atoms with van der Waals surface area (Å²) < 4.78 is 104. The number of fused-ring (bicyclic) bond motifs is 3. The highest BCUT2D eigenvalue weighted by Crippen LogP contribution is 2.51. The number of aromatic nitrogens is 2. The summed E-state index contributed by atoms with van der Waals surface area (Å²) in [5.74, 6) is -2.39. The second-order valence-electron chi connectivity index (χ2n) is 14.1. The van der Waals surface area contributed by atoms with Crippen molar-refractivity contribution in [1.29, 1.82) is 0 Å². The largest absolute Gasteiger partial charge is 0.474 e. The minimum Gasteiger partial charge on any atom is -0.474 e. The van der Waals surface area contributed by atoms with Crippen LogP contribution in [0.15, 0.2) is 18.2 Å². The molecule has 3 saturated heterocycles. The van der Waals surface area contributed by atoms with Gasteiger partial charge in [-0.1, -0.05) is 6.07 Å². The lowest BCUT2D eigenvalue weighted by molar-refractivity contribution is -0.137. The van der Waals surface area contributed by atoms with Gasteiger partial charge < -0.3 is 20.5 Å². The Hall–Kier alpha value is -3.87. The van der Waals surface area contributed by atoms with Crippen LogP contribution in [0.3, 0.4) is 0 Å². The van der Waals surface area contributed by atoms with Gasteiger partial charge in [-0.3, -0.25) is 4.90 Å². The Labute approximate surface area is 287 Å². The molecule has 1 aliphatic carbocycles. The van der Waals surface area contributed by atoms with Crippen LogP contribution in [0.4, 0.5) is 37.0 Å². The molecular weight excluding hydrogens is 682 g/mol. The number of anilines is 1. The van der Waals surface area contributed by atoms with Crippen LogP contribution >= 0.6 is 11.3 Å². The molecule has 1 spiro atoms. The van der Waals surface area contributed by atoms with E-state index >= 15 is 4.39 Å². The Kier molecular flexibility index (Phi) is 8.07. The molecule has 3 atom stereocenters. The average Bonchev–Trinajstić information content (AvgIpc) is 3.82. The number of hydrogen-bond acceptors (Lipinski definition) is 8. The monoisotopic (exact) mass is 716 g/mol. The molecule has 2 aromatic heterocycles. The minimum absolute atomic E-state index is 0.00808. The van der Waals surface area contributed by atoms with Gasteiger partial charge in [-0.25, -0.2) is 18.0 Å². The van der Waals surface area contributed by atoms with E-state index in [1.54, 1.807) is 0 Å². The molecule has 4 fully saturated rings. The van der Waals surface area contributed by atoms with Gasteiger partial charge in [0.2, 0.25) is 11.6 Å². The summed E-state index contributed by atoms with van der Waals surface area (Å²) in [7, 11) is 0. The van der Waals surface area contributed by atoms with E-state index in [0.29, 0.717) is 37.1 Å². The quantitative estimate of drug-likeness (QED) is 0.154. The van der Waals surface area contributed by atoms with Gasteiger partial charge in [0.25, 0.3) is 0 Å². The van der Waals surface area contributed by atoms with Gasteiger partial charge in [0.05, 0.1) is 32.8 Å². The zero-order valence-corrected chi connectivity index (χ0v) is 27.8. The molecule has 264 valence electrons. The van der Waals surface area contributed by atoms with Gasteiger partial charge in [-0.15, -0.1) is 11.3 Å². The minimum atomic E-state index is -5.08. The number of nitrogens with two attached hydrogens (primary N) is 1. The van der Waals surface area contributed by atoms with Crippen LogP contribution < -0.4 is 20.5 Å². The number of nitrogen functional groups attached to an aromatic ring is 1. The summed E-state index contributed by atoms with van der Waals surface area (Å²) in [5.41, 5.74) is 2.06. The third kappa shape index (κ3) is 5.50. The van der Waals surface area contributed by atoms with Crippen molar-refractivity contribution < 1.29 is 35.8 Å². The lowest BCUT2D eigenvalue weighted by atomic mass is 9.77. The molecule has 3 aliphatic heterocycles. The molecule has 1 saturated carbocycles. The molecular formula is C35H34F6N6O2S. The van der Waals surface area contributed by atoms with Crippen molar-refractivity contribution >= 4 is 43.0 Å². The highest BCUT2D eigenvalue weighted by Gasteiger charge is 2.49. The van der Waals surface area contributed by atoms with E-state index < -0.39 is 46.2 Å². The number of ether oxygens (including phenoxy) is 2. The highest BCUT2D eigenvalue weighted by atomic mass is 32.1. The van der Waals surface area contributed by atoms with Gasteiger partial charge >= 0.3 is 12.2 Å². The molecule has 8 nitrogen and oxygen atoms in total. The van der Waals surface area contributed by atoms with Gasteiger partial charge in [-0.2, -0.15) is 23.1 Å². The number of nitrogens with one attached hydrogen (secondary N) is 1. The molecule has 5 heterocycles. The first-order chi connectivity index (χ1) is 23.9. The summed E-state index contributed by atoms with van der Waals surface area (Å²) in [6, 6.07) is 2.40. The fraction of sp³-hybridized carbons (Fsp3) is 0.514. The molecule has 3 N–H and O–H groups in total. The fourth-order valence-electron chi connectivity index (χ4n) is 8.79. The molecule has 4 aliphatic rings. The van der Waals surface area contributed by atoms with Crippen molar-refractivity contribution in [2.24, 2.45) is 5.41 Å². The fourth-order valence-corrected chi connectivity index (χ4v) is 9.72. The zero-order chi connectivity index (χ0) is 35.0. The van der Waals surface area contributed by atoms with Crippen LogP contribution in [0.1, 0.15) is 56.9 Å². The first-order valence-electron chi connectivity index (χ1n) is 16.8. The Bertz CT molecular complexity index is 2040. The smallest absolute Gasteiger partial charge is 0.417 e. The second kappa shape index (κ2) is 12.1. The van der Waals surface area contributed by atoms with Crippen LogP contribution in [-0.2, 0) is 6.18 Å². The number of piperidine rings is 1. The zero-order valence-electron chi connectivity index (χ0n) is 26.9. The molecule has 0 radical (unpaired) electrons. The van der Waals surface area contributed by atoms with Crippen molar-refractivity contribution in [2.75, 3.05) is 38.5 Å². The van der Waals surface area contributed by atoms with E-state index in [2.05, 4.69) is 20.1 Å². The predicted octanol–water partition coefficient (Wildman–Crippen LogP) is 8.20. The highest BCUT2D eigenvalue weighted by molar-refractivity contribution is 7.23. The third-order valence-electron chi connectivity index (χ3n) is 11.2. The summed E-state index contributed by atoms with van der Waals surface area (Å²) >= 11 is 0.704. The summed E-state index contributed by atoms with van der Waals surface area (Å²) in [6.45, 7) is 10.3. The predicted molar refractivity (Wildman–Crippen MR) is 177 cm³/mol. The average molecular weight is 717 g/mol. The van der Waals surface area contributed by atoms with Crippen molar-refractivity contribution in [3.63, 3.8) is 0 Å². The molecule has 50 heavy (non-hydrogen) atoms. The van der Waals surface area contributed by atoms with Crippen LogP contribution in [0.25, 0.3) is 37.0 Å². The van der Waals surface area contributed by atoms with Crippen LogP contribution in [0.5, 0.6) is 11.9 Å². The van der Waals surface area contributed by atoms with Gasteiger partial charge in [0, 0.05) is 23.9 Å². The maximum Gasteiger partial charge on any atom is 0.417 e. The van der Waals surface area contributed by atoms with E-state index in [1.807, 2.05) is 4.90 Å². The Balaban J connectivity index is 1.29. The van der Waals surface area contributed by atoms with Crippen LogP contribution in [0, 0.1) is 23.6 Å². The number of hydrogen-bond donors (Lipinski definition) is 2. The standard InChI is InChI=1S/C35H34F6N6O2S/c1-43-28-25-20(3-4-23(37)29(25)50-30(28)42)24-22(35(39,40)41)13-21-27(26(24)38)45-32(48-17-34-6-2-12-47(34)16-18(36)14-34)46-31(21)49-19-5-7-33(15-19)8-10-44-11-9-33/h3-4,13,18-19,44H,2,5-12,14-17,42H2/t18-,19?,34+/m1/s1. The molecule has 0 bridgehead atoms. The maximum absolute atomic E-state index is 17.0. The SMILES string of the molecule is [C-]#[N+]c1c(N)sc2c(F)ccc(-c3c(C(F)(F)F)cc4c(OC5CCC6(CCNCC6)C5)nc(OC[C@@]56CCCN5C[C@H](F)C6)nc4c3F)c12. The summed E-state index contributed by atoms with van der Waals surface area (Å²) in [5, 5.41) is 2.75. The molecule has 1 unspecified atom stereocenters. The van der Waals surface area contributed by atoms with Crippen molar-refractivity contribution in [3.8, 4) is 23.0 Å². The normalized spacial score (nSPS) is 25.1. The van der Waals surface area contributed by atoms with Gasteiger partial charge in [0.15, 0.2) is 5.82 Å². The molecule has 2 aromatic carbocycles. The lowest BCUT2D eigenvalue weighted by Gasteiger charge is -2.33. The third-order valence-corrected chi connectivity index (χ3v) is 12.2. The topological polar surface area (TPSA) is 89.9 Å². The number of rotatable bonds is 6. The van der Waals surface area contributed by atoms with Crippen molar-refractivity contribution in [3.05, 3.63) is 46.8 Å². The van der Waals surface area contributed by atoms with Gasteiger partial charge in [0.1, 0.15) is 30.2 Å². The summed E-state index contributed by atoms with van der Waals surface area (Å²) in [6.07, 6.45) is -0.601. The number of benzene rings is 2. The second-order valence-corrected chi connectivity index (χ2v) is 15.2. The number of nitrogens with zero attached hydrogens (tertiary/aromatic N) is 4. The van der Waals surface area contributed by atoms with Crippen LogP contribution in [-0.4, -0.2) is 65.5 Å². The Morgan fingerprint density at radius 1 is 1.12 bits per heavy atom. The molecule has 15 heteroatoms. The van der Waals surface area contributed by atoms with E-state index in [-0.39, 0.29) is 74.7 Å². The van der Waals surface area contributed by atoms with Crippen LogP contribution in [0.2, 0.25) is 0 Å². The van der Waals surface area contributed by atoms with E-state index in [9.17, 15) is 22.0 Å². The van der Waals surface area contributed by atoms with E-state index in [4.69, 9.17) is 21.8 Å². The Morgan fingerprint density at radius 2 is 1.92 bits per heavy atom. The lowest BCUT2D eigenvalue weighted by Crippen LogP contribution is -2.43. The molecule has 4 aromatic rings. The maximum atomic E-state index is 17.0.